The first-order valence-corrected chi connectivity index (χ1v) is 4.69. The fraction of sp³-hybridized carbons (Fsp3) is 0.889. The molecule has 1 saturated heterocycles. The third kappa shape index (κ3) is 2.21. The summed E-state index contributed by atoms with van der Waals surface area (Å²) in [6.45, 7) is 4.08. The van der Waals surface area contributed by atoms with Gasteiger partial charge in [-0.3, -0.25) is 4.79 Å². The van der Waals surface area contributed by atoms with E-state index in [1.54, 1.807) is 0 Å². The van der Waals surface area contributed by atoms with Crippen molar-refractivity contribution in [2.24, 2.45) is 11.8 Å². The van der Waals surface area contributed by atoms with Crippen molar-refractivity contribution in [3.8, 4) is 0 Å². The van der Waals surface area contributed by atoms with E-state index >= 15 is 0 Å². The summed E-state index contributed by atoms with van der Waals surface area (Å²) in [7, 11) is 1.97. The Morgan fingerprint density at radius 3 is 2.92 bits per heavy atom. The molecule has 3 heteroatoms. The van der Waals surface area contributed by atoms with Crippen LogP contribution in [-0.4, -0.2) is 26.0 Å². The number of rotatable bonds is 4. The molecule has 2 atom stereocenters. The molecule has 0 radical (unpaired) electrons. The summed E-state index contributed by atoms with van der Waals surface area (Å²) in [5, 5.41) is 6.05. The molecule has 1 aliphatic rings. The lowest BCUT2D eigenvalue weighted by atomic mass is 9.89. The van der Waals surface area contributed by atoms with Crippen LogP contribution in [0.2, 0.25) is 0 Å². The van der Waals surface area contributed by atoms with Crippen molar-refractivity contribution in [2.75, 3.05) is 20.1 Å². The third-order valence-electron chi connectivity index (χ3n) is 2.67. The number of hydrogen-bond donors (Lipinski definition) is 2. The molecule has 1 heterocycles. The molecule has 3 nitrogen and oxygen atoms in total. The van der Waals surface area contributed by atoms with Gasteiger partial charge in [-0.2, -0.15) is 0 Å². The molecule has 70 valence electrons. The largest absolute Gasteiger partial charge is 0.356 e. The minimum absolute atomic E-state index is 0.217. The van der Waals surface area contributed by atoms with Gasteiger partial charge in [0, 0.05) is 13.0 Å². The van der Waals surface area contributed by atoms with E-state index in [4.69, 9.17) is 0 Å². The molecule has 1 aliphatic heterocycles. The summed E-state index contributed by atoms with van der Waals surface area (Å²) >= 11 is 0. The van der Waals surface area contributed by atoms with Crippen LogP contribution in [0.25, 0.3) is 0 Å². The highest BCUT2D eigenvalue weighted by Crippen LogP contribution is 2.21. The predicted molar refractivity (Wildman–Crippen MR) is 48.8 cm³/mol. The van der Waals surface area contributed by atoms with Gasteiger partial charge in [-0.15, -0.1) is 0 Å². The molecule has 0 aromatic carbocycles. The molecular weight excluding hydrogens is 152 g/mol. The molecule has 1 rings (SSSR count). The van der Waals surface area contributed by atoms with Crippen LogP contribution in [0.4, 0.5) is 0 Å². The van der Waals surface area contributed by atoms with E-state index in [1.807, 2.05) is 7.05 Å². The molecule has 0 aromatic rings. The second-order valence-corrected chi connectivity index (χ2v) is 3.49. The van der Waals surface area contributed by atoms with E-state index in [1.165, 1.54) is 0 Å². The van der Waals surface area contributed by atoms with Crippen molar-refractivity contribution < 1.29 is 4.79 Å². The van der Waals surface area contributed by atoms with Gasteiger partial charge in [-0.1, -0.05) is 13.3 Å². The molecule has 1 fully saturated rings. The van der Waals surface area contributed by atoms with Gasteiger partial charge in [0.25, 0.3) is 0 Å². The standard InChI is InChI=1S/C9H18N2O/c1-3-7(5-10-2)8-4-9(12)11-6-8/h7-8,10H,3-6H2,1-2H3,(H,11,12). The molecule has 12 heavy (non-hydrogen) atoms. The topological polar surface area (TPSA) is 41.1 Å². The first-order chi connectivity index (χ1) is 5.77. The molecule has 2 unspecified atom stereocenters. The molecule has 0 aromatic heterocycles. The normalized spacial score (nSPS) is 25.5. The van der Waals surface area contributed by atoms with Crippen LogP contribution in [0.5, 0.6) is 0 Å². The number of carbonyl (C=O) groups excluding carboxylic acids is 1. The SMILES string of the molecule is CCC(CNC)C1CNC(=O)C1. The Balaban J connectivity index is 2.38. The molecule has 0 saturated carbocycles. The zero-order chi connectivity index (χ0) is 8.97. The maximum absolute atomic E-state index is 10.9. The molecule has 0 spiro atoms. The molecule has 0 bridgehead atoms. The van der Waals surface area contributed by atoms with E-state index in [0.717, 1.165) is 25.9 Å². The van der Waals surface area contributed by atoms with E-state index in [2.05, 4.69) is 17.6 Å². The lowest BCUT2D eigenvalue weighted by Gasteiger charge is -2.19. The average molecular weight is 170 g/mol. The lowest BCUT2D eigenvalue weighted by molar-refractivity contribution is -0.119. The van der Waals surface area contributed by atoms with Gasteiger partial charge in [0.05, 0.1) is 0 Å². The van der Waals surface area contributed by atoms with Crippen LogP contribution in [0.3, 0.4) is 0 Å². The van der Waals surface area contributed by atoms with E-state index in [9.17, 15) is 4.79 Å². The van der Waals surface area contributed by atoms with E-state index in [0.29, 0.717) is 11.8 Å². The van der Waals surface area contributed by atoms with Crippen molar-refractivity contribution >= 4 is 5.91 Å². The van der Waals surface area contributed by atoms with Crippen molar-refractivity contribution in [1.29, 1.82) is 0 Å². The Bertz CT molecular complexity index is 159. The highest BCUT2D eigenvalue weighted by atomic mass is 16.1. The van der Waals surface area contributed by atoms with Gasteiger partial charge < -0.3 is 10.6 Å². The Labute approximate surface area is 73.9 Å². The summed E-state index contributed by atoms with van der Waals surface area (Å²) in [6, 6.07) is 0. The third-order valence-corrected chi connectivity index (χ3v) is 2.67. The van der Waals surface area contributed by atoms with Gasteiger partial charge >= 0.3 is 0 Å². The van der Waals surface area contributed by atoms with Crippen LogP contribution in [0.15, 0.2) is 0 Å². The smallest absolute Gasteiger partial charge is 0.220 e. The van der Waals surface area contributed by atoms with Crippen LogP contribution in [0, 0.1) is 11.8 Å². The quantitative estimate of drug-likeness (QED) is 0.640. The Kier molecular flexibility index (Phi) is 3.53. The number of carbonyl (C=O) groups is 1. The lowest BCUT2D eigenvalue weighted by Crippen LogP contribution is -2.26. The van der Waals surface area contributed by atoms with Gasteiger partial charge in [0.2, 0.25) is 5.91 Å². The highest BCUT2D eigenvalue weighted by Gasteiger charge is 2.27. The predicted octanol–water partition coefficient (Wildman–Crippen LogP) is 0.368. The van der Waals surface area contributed by atoms with Crippen LogP contribution in [-0.2, 0) is 4.79 Å². The summed E-state index contributed by atoms with van der Waals surface area (Å²) in [4.78, 5) is 10.9. The zero-order valence-electron chi connectivity index (χ0n) is 7.89. The second-order valence-electron chi connectivity index (χ2n) is 3.49. The van der Waals surface area contributed by atoms with Crippen molar-refractivity contribution in [3.63, 3.8) is 0 Å². The summed E-state index contributed by atoms with van der Waals surface area (Å²) < 4.78 is 0. The summed E-state index contributed by atoms with van der Waals surface area (Å²) in [6.07, 6.45) is 1.88. The Morgan fingerprint density at radius 2 is 2.50 bits per heavy atom. The number of nitrogens with one attached hydrogen (secondary N) is 2. The minimum Gasteiger partial charge on any atom is -0.356 e. The number of amides is 1. The van der Waals surface area contributed by atoms with Gasteiger partial charge in [0.15, 0.2) is 0 Å². The van der Waals surface area contributed by atoms with Gasteiger partial charge in [-0.25, -0.2) is 0 Å². The first kappa shape index (κ1) is 9.52. The number of hydrogen-bond acceptors (Lipinski definition) is 2. The first-order valence-electron chi connectivity index (χ1n) is 4.69. The molecular formula is C9H18N2O. The summed E-state index contributed by atoms with van der Waals surface area (Å²) in [5.41, 5.74) is 0. The van der Waals surface area contributed by atoms with E-state index < -0.39 is 0 Å². The maximum atomic E-state index is 10.9. The van der Waals surface area contributed by atoms with Crippen molar-refractivity contribution in [2.45, 2.75) is 19.8 Å². The fourth-order valence-electron chi connectivity index (χ4n) is 1.87. The van der Waals surface area contributed by atoms with E-state index in [-0.39, 0.29) is 5.91 Å². The van der Waals surface area contributed by atoms with Crippen LogP contribution < -0.4 is 10.6 Å². The monoisotopic (exact) mass is 170 g/mol. The Hall–Kier alpha value is -0.570. The van der Waals surface area contributed by atoms with Crippen LogP contribution in [0.1, 0.15) is 19.8 Å². The fourth-order valence-corrected chi connectivity index (χ4v) is 1.87. The molecule has 0 aliphatic carbocycles. The van der Waals surface area contributed by atoms with Crippen molar-refractivity contribution in [3.05, 3.63) is 0 Å². The van der Waals surface area contributed by atoms with Gasteiger partial charge in [0.1, 0.15) is 0 Å². The van der Waals surface area contributed by atoms with Crippen LogP contribution >= 0.6 is 0 Å². The zero-order valence-corrected chi connectivity index (χ0v) is 7.89. The van der Waals surface area contributed by atoms with Gasteiger partial charge in [-0.05, 0) is 25.4 Å². The summed E-state index contributed by atoms with van der Waals surface area (Å²) in [5.74, 6) is 1.42. The minimum atomic E-state index is 0.217. The van der Waals surface area contributed by atoms with Crippen molar-refractivity contribution in [1.82, 2.24) is 10.6 Å². The maximum Gasteiger partial charge on any atom is 0.220 e. The Morgan fingerprint density at radius 1 is 1.75 bits per heavy atom. The average Bonchev–Trinajstić information content (AvgIpc) is 2.47. The second kappa shape index (κ2) is 4.45. The molecule has 2 N–H and O–H groups in total. The highest BCUT2D eigenvalue weighted by molar-refractivity contribution is 5.78. The molecule has 1 amide bonds.